The van der Waals surface area contributed by atoms with Crippen LogP contribution < -0.4 is 0 Å². The number of hydrogen-bond acceptors (Lipinski definition) is 3. The lowest BCUT2D eigenvalue weighted by Crippen LogP contribution is -1.95. The van der Waals surface area contributed by atoms with Crippen LogP contribution in [0.3, 0.4) is 0 Å². The molecule has 2 heterocycles. The smallest absolute Gasteiger partial charge is 0.163 e. The Bertz CT molecular complexity index is 854. The van der Waals surface area contributed by atoms with Crippen molar-refractivity contribution in [2.45, 2.75) is 19.8 Å². The molecule has 0 radical (unpaired) electrons. The summed E-state index contributed by atoms with van der Waals surface area (Å²) >= 11 is 0. The van der Waals surface area contributed by atoms with E-state index in [4.69, 9.17) is 5.26 Å². The summed E-state index contributed by atoms with van der Waals surface area (Å²) in [5.41, 5.74) is 4.69. The van der Waals surface area contributed by atoms with E-state index >= 15 is 0 Å². The van der Waals surface area contributed by atoms with E-state index in [-0.39, 0.29) is 0 Å². The molecule has 0 aliphatic heterocycles. The zero-order chi connectivity index (χ0) is 15.4. The average molecular weight is 288 g/mol. The fourth-order valence-corrected chi connectivity index (χ4v) is 2.48. The van der Waals surface area contributed by atoms with Crippen molar-refractivity contribution in [2.24, 2.45) is 0 Å². The van der Waals surface area contributed by atoms with Crippen LogP contribution in [0.4, 0.5) is 0 Å². The summed E-state index contributed by atoms with van der Waals surface area (Å²) in [4.78, 5) is 8.96. The Hall–Kier alpha value is -2.93. The minimum Gasteiger partial charge on any atom is -0.299 e. The molecule has 1 aromatic carbocycles. The van der Waals surface area contributed by atoms with Crippen LogP contribution in [0.25, 0.3) is 11.7 Å². The molecular weight excluding hydrogens is 272 g/mol. The molecule has 0 aliphatic rings. The number of allylic oxidation sites excluding steroid dienone is 1. The molecule has 0 amide bonds. The first-order valence-corrected chi connectivity index (χ1v) is 7.19. The molecule has 0 fully saturated rings. The molecule has 3 aromatic rings. The van der Waals surface area contributed by atoms with Gasteiger partial charge in [-0.2, -0.15) is 5.26 Å². The predicted molar refractivity (Wildman–Crippen MR) is 86.2 cm³/mol. The summed E-state index contributed by atoms with van der Waals surface area (Å²) in [5, 5.41) is 8.94. The van der Waals surface area contributed by atoms with Crippen molar-refractivity contribution in [3.8, 4) is 6.07 Å². The van der Waals surface area contributed by atoms with Crippen molar-refractivity contribution < 1.29 is 0 Å². The van der Waals surface area contributed by atoms with Gasteiger partial charge in [0.2, 0.25) is 0 Å². The van der Waals surface area contributed by atoms with E-state index in [9.17, 15) is 0 Å². The average Bonchev–Trinajstić information content (AvgIpc) is 2.86. The maximum Gasteiger partial charge on any atom is 0.163 e. The summed E-state index contributed by atoms with van der Waals surface area (Å²) in [6.07, 6.45) is 8.89. The van der Waals surface area contributed by atoms with E-state index in [1.54, 1.807) is 6.20 Å². The lowest BCUT2D eigenvalue weighted by Gasteiger charge is -2.00. The zero-order valence-electron chi connectivity index (χ0n) is 12.4. The van der Waals surface area contributed by atoms with Crippen molar-refractivity contribution in [3.05, 3.63) is 71.4 Å². The number of nitriles is 1. The van der Waals surface area contributed by atoms with Gasteiger partial charge in [0.05, 0.1) is 23.9 Å². The highest BCUT2D eigenvalue weighted by atomic mass is 15.0. The van der Waals surface area contributed by atoms with Gasteiger partial charge in [0.15, 0.2) is 5.65 Å². The van der Waals surface area contributed by atoms with E-state index < -0.39 is 0 Å². The van der Waals surface area contributed by atoms with Crippen LogP contribution in [0.2, 0.25) is 0 Å². The Labute approximate surface area is 129 Å². The minimum absolute atomic E-state index is 0.351. The molecule has 108 valence electrons. The molecule has 3 rings (SSSR count). The SMILES string of the molecule is Cc1nc2c(/C=C/Cc3ccccc3)nccn2c1CC#N. The molecule has 0 spiro atoms. The third-order valence-electron chi connectivity index (χ3n) is 3.59. The maximum atomic E-state index is 8.94. The monoisotopic (exact) mass is 288 g/mol. The van der Waals surface area contributed by atoms with Gasteiger partial charge in [-0.3, -0.25) is 9.38 Å². The van der Waals surface area contributed by atoms with Crippen LogP contribution in [-0.4, -0.2) is 14.4 Å². The van der Waals surface area contributed by atoms with Crippen molar-refractivity contribution in [3.63, 3.8) is 0 Å². The van der Waals surface area contributed by atoms with Crippen LogP contribution >= 0.6 is 0 Å². The van der Waals surface area contributed by atoms with Gasteiger partial charge in [-0.15, -0.1) is 0 Å². The van der Waals surface area contributed by atoms with Crippen LogP contribution in [0.5, 0.6) is 0 Å². The number of aryl methyl sites for hydroxylation is 1. The second kappa shape index (κ2) is 6.23. The third kappa shape index (κ3) is 2.75. The van der Waals surface area contributed by atoms with Crippen molar-refractivity contribution in [2.75, 3.05) is 0 Å². The molecule has 0 aliphatic carbocycles. The first-order valence-electron chi connectivity index (χ1n) is 7.19. The molecule has 2 aromatic heterocycles. The van der Waals surface area contributed by atoms with E-state index in [0.29, 0.717) is 6.42 Å². The molecule has 0 saturated heterocycles. The molecule has 0 saturated carbocycles. The lowest BCUT2D eigenvalue weighted by molar-refractivity contribution is 1.02. The minimum atomic E-state index is 0.351. The van der Waals surface area contributed by atoms with Gasteiger partial charge in [-0.25, -0.2) is 4.98 Å². The van der Waals surface area contributed by atoms with Gasteiger partial charge in [-0.1, -0.05) is 36.4 Å². The molecule has 0 atom stereocenters. The van der Waals surface area contributed by atoms with E-state index in [1.165, 1.54) is 5.56 Å². The summed E-state index contributed by atoms with van der Waals surface area (Å²) in [5.74, 6) is 0. The Balaban J connectivity index is 1.91. The number of fused-ring (bicyclic) bond motifs is 1. The fourth-order valence-electron chi connectivity index (χ4n) is 2.48. The Morgan fingerprint density at radius 3 is 2.86 bits per heavy atom. The van der Waals surface area contributed by atoms with Gasteiger partial charge >= 0.3 is 0 Å². The first-order chi connectivity index (χ1) is 10.8. The van der Waals surface area contributed by atoms with Crippen molar-refractivity contribution in [1.82, 2.24) is 14.4 Å². The number of aromatic nitrogens is 3. The normalized spacial score (nSPS) is 11.1. The highest BCUT2D eigenvalue weighted by Gasteiger charge is 2.10. The van der Waals surface area contributed by atoms with Gasteiger partial charge in [-0.05, 0) is 25.0 Å². The third-order valence-corrected chi connectivity index (χ3v) is 3.59. The molecule has 22 heavy (non-hydrogen) atoms. The number of imidazole rings is 1. The van der Waals surface area contributed by atoms with Gasteiger partial charge < -0.3 is 0 Å². The van der Waals surface area contributed by atoms with Crippen LogP contribution in [0.1, 0.15) is 22.6 Å². The lowest BCUT2D eigenvalue weighted by atomic mass is 10.1. The second-order valence-electron chi connectivity index (χ2n) is 5.08. The Morgan fingerprint density at radius 2 is 2.09 bits per heavy atom. The zero-order valence-corrected chi connectivity index (χ0v) is 12.4. The molecule has 4 nitrogen and oxygen atoms in total. The number of rotatable bonds is 4. The molecule has 0 unspecified atom stereocenters. The number of benzene rings is 1. The molecule has 0 N–H and O–H groups in total. The maximum absolute atomic E-state index is 8.94. The highest BCUT2D eigenvalue weighted by Crippen LogP contribution is 2.16. The second-order valence-corrected chi connectivity index (χ2v) is 5.08. The first kappa shape index (κ1) is 14.0. The molecular formula is C18H16N4. The van der Waals surface area contributed by atoms with Gasteiger partial charge in [0.1, 0.15) is 5.69 Å². The van der Waals surface area contributed by atoms with Crippen LogP contribution in [0.15, 0.2) is 48.8 Å². The Kier molecular flexibility index (Phi) is 3.97. The van der Waals surface area contributed by atoms with Crippen LogP contribution in [-0.2, 0) is 12.8 Å². The van der Waals surface area contributed by atoms with Crippen LogP contribution in [0, 0.1) is 18.3 Å². The summed E-state index contributed by atoms with van der Waals surface area (Å²) in [6.45, 7) is 1.93. The number of hydrogen-bond donors (Lipinski definition) is 0. The topological polar surface area (TPSA) is 54.0 Å². The van der Waals surface area contributed by atoms with Gasteiger partial charge in [0.25, 0.3) is 0 Å². The quantitative estimate of drug-likeness (QED) is 0.739. The van der Waals surface area contributed by atoms with E-state index in [2.05, 4.69) is 34.2 Å². The highest BCUT2D eigenvalue weighted by molar-refractivity contribution is 5.63. The summed E-state index contributed by atoms with van der Waals surface area (Å²) < 4.78 is 1.95. The standard InChI is InChI=1S/C18H16N4/c1-14-17(10-11-19)22-13-12-20-16(18(22)21-14)9-5-8-15-6-3-2-4-7-15/h2-7,9,12-13H,8,10H2,1H3/b9-5+. The largest absolute Gasteiger partial charge is 0.299 e. The fraction of sp³-hybridized carbons (Fsp3) is 0.167. The molecule has 0 bridgehead atoms. The predicted octanol–water partition coefficient (Wildman–Crippen LogP) is 3.36. The summed E-state index contributed by atoms with van der Waals surface area (Å²) in [6, 6.07) is 12.5. The van der Waals surface area contributed by atoms with Gasteiger partial charge in [0, 0.05) is 12.4 Å². The summed E-state index contributed by atoms with van der Waals surface area (Å²) in [7, 11) is 0. The van der Waals surface area contributed by atoms with Crippen molar-refractivity contribution >= 4 is 11.7 Å². The number of nitrogens with zero attached hydrogens (tertiary/aromatic N) is 4. The Morgan fingerprint density at radius 1 is 1.27 bits per heavy atom. The van der Waals surface area contributed by atoms with Crippen molar-refractivity contribution in [1.29, 1.82) is 5.26 Å². The van der Waals surface area contributed by atoms with E-state index in [1.807, 2.05) is 41.8 Å². The molecule has 4 heteroatoms. The van der Waals surface area contributed by atoms with E-state index in [0.717, 1.165) is 29.1 Å².